The van der Waals surface area contributed by atoms with Crippen LogP contribution in [0.4, 0.5) is 0 Å². The summed E-state index contributed by atoms with van der Waals surface area (Å²) in [6.45, 7) is 2.79. The fourth-order valence-corrected chi connectivity index (χ4v) is 6.93. The number of allylic oxidation sites excluding steroid dienone is 4. The monoisotopic (exact) mass is 646 g/mol. The van der Waals surface area contributed by atoms with E-state index in [4.69, 9.17) is 28.4 Å². The van der Waals surface area contributed by atoms with Crippen LogP contribution in [0.5, 0.6) is 28.7 Å². The summed E-state index contributed by atoms with van der Waals surface area (Å²) in [5.41, 5.74) is 2.91. The molecule has 8 nitrogen and oxygen atoms in total. The second-order valence-corrected chi connectivity index (χ2v) is 12.7. The molecular formula is C39H50O8. The molecular weight excluding hydrogens is 596 g/mol. The van der Waals surface area contributed by atoms with Gasteiger partial charge in [-0.2, -0.15) is 0 Å². The second kappa shape index (κ2) is 17.3. The summed E-state index contributed by atoms with van der Waals surface area (Å²) in [5, 5.41) is 0. The molecule has 5 rings (SSSR count). The van der Waals surface area contributed by atoms with Crippen LogP contribution in [0.1, 0.15) is 107 Å². The molecule has 3 atom stereocenters. The van der Waals surface area contributed by atoms with Gasteiger partial charge in [0, 0.05) is 18.3 Å². The van der Waals surface area contributed by atoms with Gasteiger partial charge in [0.1, 0.15) is 0 Å². The van der Waals surface area contributed by atoms with E-state index in [0.717, 1.165) is 68.1 Å². The van der Waals surface area contributed by atoms with Gasteiger partial charge in [0.15, 0.2) is 23.0 Å². The molecule has 1 fully saturated rings. The lowest BCUT2D eigenvalue weighted by atomic mass is 9.67. The van der Waals surface area contributed by atoms with E-state index in [0.29, 0.717) is 36.0 Å². The number of carbonyl (C=O) groups is 2. The number of cyclic esters (lactones) is 1. The smallest absolute Gasteiger partial charge is 0.311 e. The number of ether oxygens (including phenoxy) is 6. The Morgan fingerprint density at radius 3 is 2.19 bits per heavy atom. The Balaban J connectivity index is 1.15. The summed E-state index contributed by atoms with van der Waals surface area (Å²) in [6.07, 6.45) is 22.4. The van der Waals surface area contributed by atoms with Crippen LogP contribution in [0, 0.1) is 11.8 Å². The zero-order valence-electron chi connectivity index (χ0n) is 28.2. The third-order valence-corrected chi connectivity index (χ3v) is 9.42. The minimum atomic E-state index is -0.357. The molecule has 0 amide bonds. The van der Waals surface area contributed by atoms with Crippen molar-refractivity contribution in [2.75, 3.05) is 27.6 Å². The third kappa shape index (κ3) is 8.70. The van der Waals surface area contributed by atoms with Crippen LogP contribution >= 0.6 is 0 Å². The lowest BCUT2D eigenvalue weighted by Gasteiger charge is -2.34. The van der Waals surface area contributed by atoms with E-state index < -0.39 is 0 Å². The standard InChI is InChI=1S/C39H50O8/c1-4-5-6-7-8-9-10-11-12-13-14-15-16-17-18-19-35(40)47-38-33(42-2)22-28(23-34(38)43-3)36-30-24-32-31(45-26-46-32)21-27(30)20-29-25-44-39(41)37(29)36/h8-9,11-12,21-24,29,36-37H,4-7,10,13-20,25-26H2,1-3H3/b9-8-,12-11-/t29-,36+,37-/m0/s1. The maximum absolute atomic E-state index is 13.0. The van der Waals surface area contributed by atoms with Gasteiger partial charge in [-0.1, -0.05) is 63.3 Å². The van der Waals surface area contributed by atoms with Crippen molar-refractivity contribution in [3.8, 4) is 28.7 Å². The van der Waals surface area contributed by atoms with Crippen molar-refractivity contribution in [3.05, 3.63) is 65.3 Å². The topological polar surface area (TPSA) is 89.5 Å². The zero-order chi connectivity index (χ0) is 33.0. The van der Waals surface area contributed by atoms with Crippen molar-refractivity contribution < 1.29 is 38.0 Å². The SMILES string of the molecule is CCCCC/C=C\C/C=C\CCCCCCCC(=O)Oc1c(OC)cc([C@@H]2c3cc4c(cc3C[C@H]3COC(=O)[C@@H]32)OCO4)cc1OC. The number of rotatable bonds is 18. The first-order chi connectivity index (χ1) is 23.0. The van der Waals surface area contributed by atoms with E-state index in [1.807, 2.05) is 24.3 Å². The molecule has 0 bridgehead atoms. The normalized spacial score (nSPS) is 19.6. The van der Waals surface area contributed by atoms with E-state index in [-0.39, 0.29) is 42.2 Å². The van der Waals surface area contributed by atoms with Crippen molar-refractivity contribution >= 4 is 11.9 Å². The Morgan fingerprint density at radius 1 is 0.830 bits per heavy atom. The predicted molar refractivity (Wildman–Crippen MR) is 181 cm³/mol. The number of carbonyl (C=O) groups excluding carboxylic acids is 2. The Morgan fingerprint density at radius 2 is 1.49 bits per heavy atom. The molecule has 3 aliphatic rings. The summed E-state index contributed by atoms with van der Waals surface area (Å²) in [4.78, 5) is 25.9. The van der Waals surface area contributed by atoms with Crippen molar-refractivity contribution in [1.82, 2.24) is 0 Å². The zero-order valence-corrected chi connectivity index (χ0v) is 28.2. The number of hydrogen-bond acceptors (Lipinski definition) is 8. The highest BCUT2D eigenvalue weighted by molar-refractivity contribution is 5.79. The third-order valence-electron chi connectivity index (χ3n) is 9.42. The van der Waals surface area contributed by atoms with Crippen molar-refractivity contribution in [2.45, 2.75) is 96.3 Å². The fraction of sp³-hybridized carbons (Fsp3) is 0.538. The molecule has 0 radical (unpaired) electrons. The van der Waals surface area contributed by atoms with E-state index in [1.165, 1.54) is 39.9 Å². The van der Waals surface area contributed by atoms with Crippen LogP contribution in [0.2, 0.25) is 0 Å². The molecule has 0 unspecified atom stereocenters. The van der Waals surface area contributed by atoms with Crippen LogP contribution in [-0.4, -0.2) is 39.6 Å². The van der Waals surface area contributed by atoms with Crippen molar-refractivity contribution in [3.63, 3.8) is 0 Å². The van der Waals surface area contributed by atoms with E-state index in [1.54, 1.807) is 0 Å². The number of esters is 2. The highest BCUT2D eigenvalue weighted by Gasteiger charge is 2.48. The van der Waals surface area contributed by atoms with Gasteiger partial charge in [0.2, 0.25) is 12.5 Å². The van der Waals surface area contributed by atoms with Crippen LogP contribution in [0.15, 0.2) is 48.6 Å². The first kappa shape index (κ1) is 34.4. The van der Waals surface area contributed by atoms with Gasteiger partial charge in [-0.3, -0.25) is 9.59 Å². The van der Waals surface area contributed by atoms with Crippen LogP contribution < -0.4 is 23.7 Å². The maximum Gasteiger partial charge on any atom is 0.311 e. The Hall–Kier alpha value is -3.94. The first-order valence-electron chi connectivity index (χ1n) is 17.4. The summed E-state index contributed by atoms with van der Waals surface area (Å²) < 4.78 is 34.1. The summed E-state index contributed by atoms with van der Waals surface area (Å²) in [7, 11) is 3.08. The Labute approximate surface area is 279 Å². The molecule has 254 valence electrons. The summed E-state index contributed by atoms with van der Waals surface area (Å²) in [5.74, 6) is 1.22. The molecule has 0 saturated carbocycles. The first-order valence-corrected chi connectivity index (χ1v) is 17.4. The van der Waals surface area contributed by atoms with Gasteiger partial charge in [0.05, 0.1) is 26.7 Å². The van der Waals surface area contributed by atoms with Crippen LogP contribution in [-0.2, 0) is 20.7 Å². The quantitative estimate of drug-likeness (QED) is 0.0688. The number of methoxy groups -OCH3 is 2. The Kier molecular flexibility index (Phi) is 12.6. The lowest BCUT2D eigenvalue weighted by Crippen LogP contribution is -2.31. The molecule has 1 aliphatic carbocycles. The van der Waals surface area contributed by atoms with E-state index >= 15 is 0 Å². The van der Waals surface area contributed by atoms with Gasteiger partial charge in [-0.25, -0.2) is 0 Å². The molecule has 0 N–H and O–H groups in total. The minimum Gasteiger partial charge on any atom is -0.493 e. The molecule has 1 saturated heterocycles. The molecule has 2 heterocycles. The number of benzene rings is 2. The predicted octanol–water partition coefficient (Wildman–Crippen LogP) is 8.63. The van der Waals surface area contributed by atoms with Crippen molar-refractivity contribution in [2.24, 2.45) is 11.8 Å². The van der Waals surface area contributed by atoms with Gasteiger partial charge in [0.25, 0.3) is 0 Å². The van der Waals surface area contributed by atoms with Gasteiger partial charge < -0.3 is 28.4 Å². The highest BCUT2D eigenvalue weighted by atomic mass is 16.7. The molecule has 47 heavy (non-hydrogen) atoms. The van der Waals surface area contributed by atoms with E-state index in [2.05, 4.69) is 31.2 Å². The number of fused-ring (bicyclic) bond motifs is 3. The maximum atomic E-state index is 13.0. The molecule has 0 aromatic heterocycles. The molecule has 0 spiro atoms. The highest BCUT2D eigenvalue weighted by Crippen LogP contribution is 2.52. The second-order valence-electron chi connectivity index (χ2n) is 12.7. The summed E-state index contributed by atoms with van der Waals surface area (Å²) in [6, 6.07) is 7.68. The number of unbranched alkanes of at least 4 members (excludes halogenated alkanes) is 8. The molecule has 8 heteroatoms. The molecule has 2 aromatic rings. The van der Waals surface area contributed by atoms with E-state index in [9.17, 15) is 9.59 Å². The average Bonchev–Trinajstić information content (AvgIpc) is 3.70. The molecule has 2 aliphatic heterocycles. The number of hydrogen-bond donors (Lipinski definition) is 0. The van der Waals surface area contributed by atoms with Gasteiger partial charge in [-0.15, -0.1) is 0 Å². The minimum absolute atomic E-state index is 0.0404. The lowest BCUT2D eigenvalue weighted by molar-refractivity contribution is -0.141. The fourth-order valence-electron chi connectivity index (χ4n) is 6.93. The van der Waals surface area contributed by atoms with Gasteiger partial charge in [-0.05, 0) is 85.9 Å². The average molecular weight is 647 g/mol. The van der Waals surface area contributed by atoms with Crippen LogP contribution in [0.25, 0.3) is 0 Å². The summed E-state index contributed by atoms with van der Waals surface area (Å²) >= 11 is 0. The van der Waals surface area contributed by atoms with Crippen LogP contribution in [0.3, 0.4) is 0 Å². The largest absolute Gasteiger partial charge is 0.493 e. The van der Waals surface area contributed by atoms with Gasteiger partial charge >= 0.3 is 11.9 Å². The Bertz CT molecular complexity index is 1400. The van der Waals surface area contributed by atoms with Crippen molar-refractivity contribution in [1.29, 1.82) is 0 Å². The molecule has 2 aromatic carbocycles.